The Morgan fingerprint density at radius 2 is 1.81 bits per heavy atom. The van der Waals surface area contributed by atoms with E-state index in [4.69, 9.17) is 0 Å². The first-order valence-corrected chi connectivity index (χ1v) is 9.82. The fourth-order valence-electron chi connectivity index (χ4n) is 3.31. The molecule has 136 valence electrons. The smallest absolute Gasteiger partial charge is 0.306 e. The van der Waals surface area contributed by atoms with Crippen molar-refractivity contribution in [3.63, 3.8) is 0 Å². The third-order valence-corrected chi connectivity index (χ3v) is 5.94. The van der Waals surface area contributed by atoms with Gasteiger partial charge in [-0.3, -0.25) is 9.59 Å². The minimum atomic E-state index is -0.759. The second-order valence-electron chi connectivity index (χ2n) is 6.76. The number of rotatable bonds is 5. The maximum atomic E-state index is 12.7. The van der Waals surface area contributed by atoms with Crippen molar-refractivity contribution in [2.45, 2.75) is 24.0 Å². The van der Waals surface area contributed by atoms with Crippen LogP contribution >= 0.6 is 11.8 Å². The molecule has 2 aromatic rings. The second kappa shape index (κ2) is 8.41. The van der Waals surface area contributed by atoms with Crippen molar-refractivity contribution in [2.24, 2.45) is 11.8 Å². The molecule has 5 heteroatoms. The number of piperidine rings is 1. The maximum Gasteiger partial charge on any atom is 0.306 e. The number of carbonyl (C=O) groups is 2. The first-order chi connectivity index (χ1) is 12.5. The molecule has 26 heavy (non-hydrogen) atoms. The van der Waals surface area contributed by atoms with Crippen LogP contribution in [0.4, 0.5) is 0 Å². The number of thioether (sulfide) groups is 1. The molecule has 1 fully saturated rings. The predicted octanol–water partition coefficient (Wildman–Crippen LogP) is 4.16. The van der Waals surface area contributed by atoms with Crippen LogP contribution in [-0.4, -0.2) is 35.0 Å². The molecular formula is C21H23NO3S. The highest BCUT2D eigenvalue weighted by Gasteiger charge is 2.33. The number of carboxylic acid groups (broad SMARTS) is 1. The fourth-order valence-corrected chi connectivity index (χ4v) is 4.18. The van der Waals surface area contributed by atoms with Crippen LogP contribution in [0.25, 0.3) is 0 Å². The number of hydrogen-bond acceptors (Lipinski definition) is 3. The zero-order chi connectivity index (χ0) is 18.5. The minimum absolute atomic E-state index is 0.0112. The van der Waals surface area contributed by atoms with Crippen LogP contribution in [-0.2, 0) is 10.5 Å². The molecule has 1 saturated heterocycles. The van der Waals surface area contributed by atoms with Crippen molar-refractivity contribution in [1.29, 1.82) is 0 Å². The van der Waals surface area contributed by atoms with Gasteiger partial charge in [0, 0.05) is 29.3 Å². The number of hydrogen-bond donors (Lipinski definition) is 1. The Kier molecular flexibility index (Phi) is 5.99. The van der Waals surface area contributed by atoms with Crippen molar-refractivity contribution >= 4 is 23.6 Å². The Morgan fingerprint density at radius 1 is 1.12 bits per heavy atom. The number of likely N-dealkylation sites (tertiary alicyclic amines) is 1. The highest BCUT2D eigenvalue weighted by Crippen LogP contribution is 2.26. The molecular weight excluding hydrogens is 346 g/mol. The molecule has 4 nitrogen and oxygen atoms in total. The quantitative estimate of drug-likeness (QED) is 0.804. The van der Waals surface area contributed by atoms with Gasteiger partial charge >= 0.3 is 5.97 Å². The van der Waals surface area contributed by atoms with E-state index >= 15 is 0 Å². The highest BCUT2D eigenvalue weighted by atomic mass is 32.2. The van der Waals surface area contributed by atoms with E-state index in [0.717, 1.165) is 5.75 Å². The normalized spacial score (nSPS) is 20.0. The molecule has 2 aromatic carbocycles. The van der Waals surface area contributed by atoms with Crippen LogP contribution in [0.3, 0.4) is 0 Å². The van der Waals surface area contributed by atoms with Gasteiger partial charge in [-0.2, -0.15) is 0 Å². The van der Waals surface area contributed by atoms with Gasteiger partial charge < -0.3 is 10.0 Å². The predicted molar refractivity (Wildman–Crippen MR) is 103 cm³/mol. The lowest BCUT2D eigenvalue weighted by molar-refractivity contribution is -0.145. The van der Waals surface area contributed by atoms with Crippen molar-refractivity contribution < 1.29 is 14.7 Å². The van der Waals surface area contributed by atoms with Crippen LogP contribution in [0, 0.1) is 11.8 Å². The van der Waals surface area contributed by atoms with E-state index in [0.29, 0.717) is 25.1 Å². The summed E-state index contributed by atoms with van der Waals surface area (Å²) >= 11 is 1.77. The molecule has 1 amide bonds. The topological polar surface area (TPSA) is 57.6 Å². The summed E-state index contributed by atoms with van der Waals surface area (Å²) in [6, 6.07) is 18.0. The van der Waals surface area contributed by atoms with Crippen LogP contribution in [0.5, 0.6) is 0 Å². The van der Waals surface area contributed by atoms with Gasteiger partial charge in [-0.05, 0) is 42.2 Å². The Hall–Kier alpha value is -2.27. The Bertz CT molecular complexity index is 761. The number of carboxylic acids is 1. The molecule has 3 rings (SSSR count). The summed E-state index contributed by atoms with van der Waals surface area (Å²) in [7, 11) is 0. The van der Waals surface area contributed by atoms with E-state index < -0.39 is 5.97 Å². The van der Waals surface area contributed by atoms with Crippen LogP contribution in [0.1, 0.15) is 29.3 Å². The summed E-state index contributed by atoms with van der Waals surface area (Å²) in [6.07, 6.45) is 0.522. The van der Waals surface area contributed by atoms with Crippen LogP contribution in [0.15, 0.2) is 59.5 Å². The SMILES string of the molecule is CC1CN(C(=O)c2ccc(CSc3ccccc3)cc2)CCC1C(=O)O. The molecule has 0 spiro atoms. The third kappa shape index (κ3) is 4.47. The zero-order valence-corrected chi connectivity index (χ0v) is 15.6. The van der Waals surface area contributed by atoms with E-state index in [2.05, 4.69) is 12.1 Å². The summed E-state index contributed by atoms with van der Waals surface area (Å²) < 4.78 is 0. The molecule has 0 aromatic heterocycles. The summed E-state index contributed by atoms with van der Waals surface area (Å²) in [4.78, 5) is 26.9. The largest absolute Gasteiger partial charge is 0.481 e. The lowest BCUT2D eigenvalue weighted by Gasteiger charge is -2.35. The second-order valence-corrected chi connectivity index (χ2v) is 7.81. The average molecular weight is 369 g/mol. The van der Waals surface area contributed by atoms with E-state index in [1.54, 1.807) is 16.7 Å². The van der Waals surface area contributed by atoms with E-state index in [1.165, 1.54) is 10.5 Å². The fraction of sp³-hybridized carbons (Fsp3) is 0.333. The molecule has 0 saturated carbocycles. The Balaban J connectivity index is 1.58. The van der Waals surface area contributed by atoms with Gasteiger partial charge in [0.1, 0.15) is 0 Å². The number of benzene rings is 2. The summed E-state index contributed by atoms with van der Waals surface area (Å²) in [5.74, 6) is -0.282. The van der Waals surface area contributed by atoms with Gasteiger partial charge in [0.25, 0.3) is 5.91 Å². The van der Waals surface area contributed by atoms with Crippen molar-refractivity contribution in [3.8, 4) is 0 Å². The van der Waals surface area contributed by atoms with Crippen molar-refractivity contribution in [1.82, 2.24) is 4.90 Å². The number of nitrogens with zero attached hydrogens (tertiary/aromatic N) is 1. The molecule has 1 aliphatic heterocycles. The molecule has 0 radical (unpaired) electrons. The van der Waals surface area contributed by atoms with Crippen LogP contribution < -0.4 is 0 Å². The standard InChI is InChI=1S/C21H23NO3S/c1-15-13-22(12-11-19(15)21(24)25)20(23)17-9-7-16(8-10-17)14-26-18-5-3-2-4-6-18/h2-10,15,19H,11-14H2,1H3,(H,24,25). The Morgan fingerprint density at radius 3 is 2.42 bits per heavy atom. The number of aliphatic carboxylic acids is 1. The maximum absolute atomic E-state index is 12.7. The van der Waals surface area contributed by atoms with Gasteiger partial charge in [0.2, 0.25) is 0 Å². The molecule has 2 atom stereocenters. The zero-order valence-electron chi connectivity index (χ0n) is 14.8. The van der Waals surface area contributed by atoms with Gasteiger partial charge in [-0.15, -0.1) is 11.8 Å². The average Bonchev–Trinajstić information content (AvgIpc) is 2.66. The summed E-state index contributed by atoms with van der Waals surface area (Å²) in [6.45, 7) is 2.91. The molecule has 1 aliphatic rings. The molecule has 0 bridgehead atoms. The Labute approximate surface area is 158 Å². The first-order valence-electron chi connectivity index (χ1n) is 8.83. The molecule has 0 aliphatic carbocycles. The van der Waals surface area contributed by atoms with Gasteiger partial charge in [0.05, 0.1) is 5.92 Å². The summed E-state index contributed by atoms with van der Waals surface area (Å²) in [5.41, 5.74) is 1.84. The van der Waals surface area contributed by atoms with E-state index in [9.17, 15) is 14.7 Å². The number of carbonyl (C=O) groups excluding carboxylic acids is 1. The number of amides is 1. The van der Waals surface area contributed by atoms with Crippen LogP contribution in [0.2, 0.25) is 0 Å². The monoisotopic (exact) mass is 369 g/mol. The van der Waals surface area contributed by atoms with Gasteiger partial charge in [0.15, 0.2) is 0 Å². The molecule has 1 N–H and O–H groups in total. The molecule has 2 unspecified atom stereocenters. The highest BCUT2D eigenvalue weighted by molar-refractivity contribution is 7.98. The first kappa shape index (κ1) is 18.5. The third-order valence-electron chi connectivity index (χ3n) is 4.86. The van der Waals surface area contributed by atoms with Gasteiger partial charge in [-0.25, -0.2) is 0 Å². The lowest BCUT2D eigenvalue weighted by Crippen LogP contribution is -2.45. The van der Waals surface area contributed by atoms with E-state index in [1.807, 2.05) is 49.4 Å². The van der Waals surface area contributed by atoms with E-state index in [-0.39, 0.29) is 17.7 Å². The summed E-state index contributed by atoms with van der Waals surface area (Å²) in [5, 5.41) is 9.21. The van der Waals surface area contributed by atoms with Gasteiger partial charge in [-0.1, -0.05) is 37.3 Å². The van der Waals surface area contributed by atoms with Crippen molar-refractivity contribution in [3.05, 3.63) is 65.7 Å². The molecule has 1 heterocycles. The van der Waals surface area contributed by atoms with Crippen molar-refractivity contribution in [2.75, 3.05) is 13.1 Å². The minimum Gasteiger partial charge on any atom is -0.481 e. The lowest BCUT2D eigenvalue weighted by atomic mass is 9.87.